The van der Waals surface area contributed by atoms with Crippen molar-refractivity contribution in [2.75, 3.05) is 19.6 Å². The van der Waals surface area contributed by atoms with Gasteiger partial charge in [0.05, 0.1) is 4.47 Å². The Hall–Kier alpha value is -0.940. The topological polar surface area (TPSA) is 32.3 Å². The second-order valence-corrected chi connectivity index (χ2v) is 6.35. The van der Waals surface area contributed by atoms with Crippen molar-refractivity contribution in [1.82, 2.24) is 10.2 Å². The van der Waals surface area contributed by atoms with E-state index >= 15 is 0 Å². The minimum absolute atomic E-state index is 0.0855. The molecule has 0 radical (unpaired) electrons. The van der Waals surface area contributed by atoms with Crippen LogP contribution in [0.3, 0.4) is 0 Å². The van der Waals surface area contributed by atoms with Crippen LogP contribution >= 0.6 is 15.9 Å². The molecule has 1 aromatic rings. The summed E-state index contributed by atoms with van der Waals surface area (Å²) in [6, 6.07) is 5.27. The van der Waals surface area contributed by atoms with Crippen molar-refractivity contribution in [2.24, 2.45) is 5.92 Å². The fourth-order valence-corrected chi connectivity index (χ4v) is 2.98. The van der Waals surface area contributed by atoms with Crippen LogP contribution in [0.25, 0.3) is 0 Å². The predicted molar refractivity (Wildman–Crippen MR) is 81.0 cm³/mol. The van der Waals surface area contributed by atoms with Crippen molar-refractivity contribution in [3.05, 3.63) is 34.1 Å². The highest BCUT2D eigenvalue weighted by Gasteiger charge is 2.24. The highest BCUT2D eigenvalue weighted by Crippen LogP contribution is 2.20. The first-order valence-corrected chi connectivity index (χ1v) is 7.72. The maximum Gasteiger partial charge on any atom is 0.225 e. The minimum Gasteiger partial charge on any atom is -0.340 e. The van der Waals surface area contributed by atoms with Gasteiger partial charge in [0.2, 0.25) is 5.91 Å². The highest BCUT2D eigenvalue weighted by molar-refractivity contribution is 9.10. The summed E-state index contributed by atoms with van der Waals surface area (Å²) in [6.07, 6.45) is 0.635. The average molecular weight is 343 g/mol. The van der Waals surface area contributed by atoms with E-state index in [0.29, 0.717) is 16.9 Å². The molecular formula is C15H20BrFN2O. The first-order chi connectivity index (χ1) is 9.47. The Morgan fingerprint density at radius 1 is 1.60 bits per heavy atom. The fraction of sp³-hybridized carbons (Fsp3) is 0.533. The number of hydrogen-bond acceptors (Lipinski definition) is 2. The zero-order chi connectivity index (χ0) is 14.7. The van der Waals surface area contributed by atoms with Gasteiger partial charge in [-0.05, 0) is 47.0 Å². The van der Waals surface area contributed by atoms with Crippen molar-refractivity contribution in [2.45, 2.75) is 26.3 Å². The molecule has 1 amide bonds. The lowest BCUT2D eigenvalue weighted by Gasteiger charge is -2.33. The van der Waals surface area contributed by atoms with Gasteiger partial charge >= 0.3 is 0 Å². The van der Waals surface area contributed by atoms with E-state index < -0.39 is 0 Å². The van der Waals surface area contributed by atoms with Crippen molar-refractivity contribution in [1.29, 1.82) is 0 Å². The van der Waals surface area contributed by atoms with E-state index in [1.807, 2.05) is 11.8 Å². The number of carbonyl (C=O) groups is 1. The van der Waals surface area contributed by atoms with Crippen molar-refractivity contribution in [3.8, 4) is 0 Å². The molecule has 1 N–H and O–H groups in total. The second-order valence-electron chi connectivity index (χ2n) is 5.49. The maximum absolute atomic E-state index is 13.2. The Morgan fingerprint density at radius 2 is 2.35 bits per heavy atom. The Labute approximate surface area is 127 Å². The van der Waals surface area contributed by atoms with Crippen LogP contribution in [0, 0.1) is 11.7 Å². The van der Waals surface area contributed by atoms with Gasteiger partial charge in [0.1, 0.15) is 5.82 Å². The summed E-state index contributed by atoms with van der Waals surface area (Å²) in [5.41, 5.74) is 0.974. The molecular weight excluding hydrogens is 323 g/mol. The Kier molecular flexibility index (Phi) is 5.16. The third kappa shape index (κ3) is 3.79. The molecule has 5 heteroatoms. The summed E-state index contributed by atoms with van der Waals surface area (Å²) < 4.78 is 13.6. The molecule has 0 spiro atoms. The third-order valence-corrected chi connectivity index (χ3v) is 4.24. The number of piperazine rings is 1. The zero-order valence-corrected chi connectivity index (χ0v) is 13.4. The van der Waals surface area contributed by atoms with Gasteiger partial charge in [-0.2, -0.15) is 0 Å². The number of carbonyl (C=O) groups excluding carboxylic acids is 1. The van der Waals surface area contributed by atoms with E-state index in [0.717, 1.165) is 25.2 Å². The van der Waals surface area contributed by atoms with Gasteiger partial charge < -0.3 is 10.2 Å². The van der Waals surface area contributed by atoms with Crippen LogP contribution in [0.4, 0.5) is 4.39 Å². The number of halogens is 2. The molecule has 1 saturated heterocycles. The number of hydrogen-bond donors (Lipinski definition) is 1. The van der Waals surface area contributed by atoms with E-state index in [2.05, 4.69) is 28.2 Å². The number of rotatable bonds is 3. The molecule has 1 heterocycles. The second kappa shape index (κ2) is 6.68. The van der Waals surface area contributed by atoms with Gasteiger partial charge in [-0.3, -0.25) is 4.79 Å². The lowest BCUT2D eigenvalue weighted by atomic mass is 9.99. The molecule has 0 aliphatic carbocycles. The molecule has 0 aromatic heterocycles. The Balaban J connectivity index is 1.98. The van der Waals surface area contributed by atoms with Gasteiger partial charge in [0.25, 0.3) is 0 Å². The molecule has 20 heavy (non-hydrogen) atoms. The van der Waals surface area contributed by atoms with Crippen LogP contribution in [0.2, 0.25) is 0 Å². The lowest BCUT2D eigenvalue weighted by Crippen LogP contribution is -2.52. The normalized spacial score (nSPS) is 20.8. The van der Waals surface area contributed by atoms with E-state index in [4.69, 9.17) is 0 Å². The SMILES string of the molecule is CC(Cc1ccc(F)c(Br)c1)C(=O)N1CCN[C@H](C)C1. The van der Waals surface area contributed by atoms with Crippen LogP contribution in [0.15, 0.2) is 22.7 Å². The van der Waals surface area contributed by atoms with Crippen LogP contribution < -0.4 is 5.32 Å². The Bertz CT molecular complexity index is 495. The van der Waals surface area contributed by atoms with Crippen molar-refractivity contribution < 1.29 is 9.18 Å². The van der Waals surface area contributed by atoms with Gasteiger partial charge in [0.15, 0.2) is 0 Å². The average Bonchev–Trinajstić information content (AvgIpc) is 2.42. The van der Waals surface area contributed by atoms with E-state index in [1.54, 1.807) is 12.1 Å². The van der Waals surface area contributed by atoms with Crippen molar-refractivity contribution >= 4 is 21.8 Å². The van der Waals surface area contributed by atoms with E-state index in [1.165, 1.54) is 6.07 Å². The molecule has 1 unspecified atom stereocenters. The molecule has 1 aliphatic heterocycles. The molecule has 2 atom stereocenters. The first-order valence-electron chi connectivity index (χ1n) is 6.93. The van der Waals surface area contributed by atoms with Crippen LogP contribution in [0.1, 0.15) is 19.4 Å². The molecule has 1 aliphatic rings. The zero-order valence-electron chi connectivity index (χ0n) is 11.8. The largest absolute Gasteiger partial charge is 0.340 e. The predicted octanol–water partition coefficient (Wildman–Crippen LogP) is 2.59. The van der Waals surface area contributed by atoms with Crippen LogP contribution in [0.5, 0.6) is 0 Å². The summed E-state index contributed by atoms with van der Waals surface area (Å²) in [7, 11) is 0. The molecule has 0 saturated carbocycles. The lowest BCUT2D eigenvalue weighted by molar-refractivity contribution is -0.136. The minimum atomic E-state index is -0.274. The van der Waals surface area contributed by atoms with Crippen LogP contribution in [-0.2, 0) is 11.2 Å². The number of nitrogens with one attached hydrogen (secondary N) is 1. The standard InChI is InChI=1S/C15H20BrFN2O/c1-10(7-12-3-4-14(17)13(16)8-12)15(20)19-6-5-18-11(2)9-19/h3-4,8,10-11,18H,5-7,9H2,1-2H3/t10?,11-/m1/s1. The maximum atomic E-state index is 13.2. The third-order valence-electron chi connectivity index (χ3n) is 3.63. The molecule has 0 bridgehead atoms. The molecule has 2 rings (SSSR count). The summed E-state index contributed by atoms with van der Waals surface area (Å²) in [6.45, 7) is 6.39. The number of amides is 1. The molecule has 1 aromatic carbocycles. The summed E-state index contributed by atoms with van der Waals surface area (Å²) >= 11 is 3.18. The van der Waals surface area contributed by atoms with E-state index in [-0.39, 0.29) is 17.6 Å². The van der Waals surface area contributed by atoms with E-state index in [9.17, 15) is 9.18 Å². The summed E-state index contributed by atoms with van der Waals surface area (Å²) in [4.78, 5) is 14.3. The summed E-state index contributed by atoms with van der Waals surface area (Å²) in [5, 5.41) is 3.33. The fourth-order valence-electron chi connectivity index (χ4n) is 2.55. The smallest absolute Gasteiger partial charge is 0.225 e. The monoisotopic (exact) mass is 342 g/mol. The number of benzene rings is 1. The summed E-state index contributed by atoms with van der Waals surface area (Å²) in [5.74, 6) is -0.180. The van der Waals surface area contributed by atoms with Gasteiger partial charge in [0, 0.05) is 31.6 Å². The molecule has 110 valence electrons. The van der Waals surface area contributed by atoms with Crippen molar-refractivity contribution in [3.63, 3.8) is 0 Å². The molecule has 1 fully saturated rings. The van der Waals surface area contributed by atoms with Gasteiger partial charge in [-0.1, -0.05) is 13.0 Å². The number of nitrogens with zero attached hydrogens (tertiary/aromatic N) is 1. The van der Waals surface area contributed by atoms with Gasteiger partial charge in [-0.25, -0.2) is 4.39 Å². The highest BCUT2D eigenvalue weighted by atomic mass is 79.9. The van der Waals surface area contributed by atoms with Gasteiger partial charge in [-0.15, -0.1) is 0 Å². The molecule has 3 nitrogen and oxygen atoms in total. The quantitative estimate of drug-likeness (QED) is 0.915. The first kappa shape index (κ1) is 15.4. The van der Waals surface area contributed by atoms with Crippen LogP contribution in [-0.4, -0.2) is 36.5 Å². The Morgan fingerprint density at radius 3 is 3.00 bits per heavy atom.